The Bertz CT molecular complexity index is 263. The maximum atomic E-state index is 10.5. The van der Waals surface area contributed by atoms with Crippen LogP contribution in [0, 0.1) is 0 Å². The van der Waals surface area contributed by atoms with Gasteiger partial charge < -0.3 is 0 Å². The molecule has 0 N–H and O–H groups in total. The second-order valence-corrected chi connectivity index (χ2v) is 4.23. The van der Waals surface area contributed by atoms with E-state index in [1.807, 2.05) is 0 Å². The Morgan fingerprint density at radius 2 is 2.64 bits per heavy atom. The Balaban J connectivity index is 2.45. The molecule has 1 atom stereocenters. The smallest absolute Gasteiger partial charge is 0.183 e. The minimum absolute atomic E-state index is 0.256. The molecule has 1 heterocycles. The molecule has 0 aliphatic rings. The van der Waals surface area contributed by atoms with E-state index < -0.39 is 11.1 Å². The zero-order valence-corrected chi connectivity index (χ0v) is 8.13. The first kappa shape index (κ1) is 9.12. The van der Waals surface area contributed by atoms with Gasteiger partial charge in [0.05, 0.1) is 5.69 Å². The van der Waals surface area contributed by atoms with Crippen molar-refractivity contribution in [3.63, 3.8) is 0 Å². The highest BCUT2D eigenvalue weighted by Crippen LogP contribution is 2.15. The van der Waals surface area contributed by atoms with Gasteiger partial charge in [0, 0.05) is 11.6 Å². The van der Waals surface area contributed by atoms with Gasteiger partial charge in [-0.25, -0.2) is 9.19 Å². The second kappa shape index (κ2) is 4.15. The quantitative estimate of drug-likeness (QED) is 0.763. The predicted octanol–water partition coefficient (Wildman–Crippen LogP) is 1.61. The van der Waals surface area contributed by atoms with Crippen molar-refractivity contribution in [2.75, 3.05) is 6.26 Å². The summed E-state index contributed by atoms with van der Waals surface area (Å²) in [5.74, 6) is 0. The molecule has 0 aliphatic heterocycles. The van der Waals surface area contributed by atoms with Gasteiger partial charge >= 0.3 is 0 Å². The van der Waals surface area contributed by atoms with Crippen LogP contribution in [0.15, 0.2) is 5.38 Å². The van der Waals surface area contributed by atoms with Crippen molar-refractivity contribution in [1.82, 2.24) is 4.98 Å². The Labute approximate surface area is 76.0 Å². The van der Waals surface area contributed by atoms with E-state index in [-0.39, 0.29) is 6.61 Å². The molecule has 0 fully saturated rings. The van der Waals surface area contributed by atoms with Gasteiger partial charge in [0.1, 0.15) is 6.61 Å². The number of aromatic nitrogens is 1. The summed E-state index contributed by atoms with van der Waals surface area (Å²) < 4.78 is 15.7. The summed E-state index contributed by atoms with van der Waals surface area (Å²) >= 11 is 5.65. The highest BCUT2D eigenvalue weighted by molar-refractivity contribution is 7.79. The number of rotatable bonds is 3. The Kier molecular flexibility index (Phi) is 3.45. The van der Waals surface area contributed by atoms with E-state index in [9.17, 15) is 4.21 Å². The number of halogens is 1. The second-order valence-electron chi connectivity index (χ2n) is 1.76. The third-order valence-corrected chi connectivity index (χ3v) is 2.37. The molecule has 3 nitrogen and oxygen atoms in total. The standard InChI is InChI=1S/C5H6ClNO2S2/c1-11(8)9-2-4-3-10-5(6)7-4/h3H,2H2,1H3. The van der Waals surface area contributed by atoms with Crippen LogP contribution in [0.4, 0.5) is 0 Å². The first-order valence-electron chi connectivity index (χ1n) is 2.75. The zero-order valence-electron chi connectivity index (χ0n) is 5.74. The maximum absolute atomic E-state index is 10.5. The van der Waals surface area contributed by atoms with Crippen LogP contribution in [0.2, 0.25) is 4.47 Å². The summed E-state index contributed by atoms with van der Waals surface area (Å²) in [5, 5.41) is 1.77. The number of hydrogen-bond donors (Lipinski definition) is 0. The van der Waals surface area contributed by atoms with E-state index in [0.29, 0.717) is 4.47 Å². The van der Waals surface area contributed by atoms with Crippen molar-refractivity contribution in [3.8, 4) is 0 Å². The fourth-order valence-electron chi connectivity index (χ4n) is 0.492. The maximum Gasteiger partial charge on any atom is 0.183 e. The van der Waals surface area contributed by atoms with Crippen LogP contribution >= 0.6 is 22.9 Å². The summed E-state index contributed by atoms with van der Waals surface area (Å²) in [5.41, 5.74) is 0.718. The Morgan fingerprint density at radius 1 is 1.91 bits per heavy atom. The van der Waals surface area contributed by atoms with Crippen LogP contribution in [0.25, 0.3) is 0 Å². The Hall–Kier alpha value is 0.0300. The first-order chi connectivity index (χ1) is 5.18. The molecule has 0 aliphatic carbocycles. The van der Waals surface area contributed by atoms with E-state index in [0.717, 1.165) is 5.69 Å². The van der Waals surface area contributed by atoms with Gasteiger partial charge in [-0.15, -0.1) is 11.3 Å². The number of hydrogen-bond acceptors (Lipinski definition) is 4. The fourth-order valence-corrected chi connectivity index (χ4v) is 1.54. The number of thiazole rings is 1. The van der Waals surface area contributed by atoms with Gasteiger partial charge in [-0.1, -0.05) is 11.6 Å². The molecule has 1 rings (SSSR count). The molecule has 1 aromatic rings. The molecule has 11 heavy (non-hydrogen) atoms. The summed E-state index contributed by atoms with van der Waals surface area (Å²) in [4.78, 5) is 3.91. The minimum atomic E-state index is -1.24. The summed E-state index contributed by atoms with van der Waals surface area (Å²) in [6.45, 7) is 0.256. The summed E-state index contributed by atoms with van der Waals surface area (Å²) in [6.07, 6.45) is 1.47. The van der Waals surface area contributed by atoms with Gasteiger partial charge in [-0.2, -0.15) is 0 Å². The van der Waals surface area contributed by atoms with Crippen LogP contribution in [0.5, 0.6) is 0 Å². The average Bonchev–Trinajstić information content (AvgIpc) is 2.31. The van der Waals surface area contributed by atoms with Crippen LogP contribution in [0.3, 0.4) is 0 Å². The molecule has 0 saturated carbocycles. The first-order valence-corrected chi connectivity index (χ1v) is 5.49. The Morgan fingerprint density at radius 3 is 3.09 bits per heavy atom. The normalized spacial score (nSPS) is 13.3. The zero-order chi connectivity index (χ0) is 8.27. The van der Waals surface area contributed by atoms with Crippen molar-refractivity contribution in [1.29, 1.82) is 0 Å². The third-order valence-electron chi connectivity index (χ3n) is 0.896. The van der Waals surface area contributed by atoms with Crippen LogP contribution < -0.4 is 0 Å². The van der Waals surface area contributed by atoms with E-state index in [1.165, 1.54) is 17.6 Å². The molecule has 1 aromatic heterocycles. The monoisotopic (exact) mass is 211 g/mol. The average molecular weight is 212 g/mol. The molecule has 0 aromatic carbocycles. The molecule has 62 valence electrons. The SMILES string of the molecule is CS(=O)OCc1csc(Cl)n1. The topological polar surface area (TPSA) is 39.2 Å². The van der Waals surface area contributed by atoms with Crippen molar-refractivity contribution < 1.29 is 8.39 Å². The van der Waals surface area contributed by atoms with Gasteiger partial charge in [-0.05, 0) is 0 Å². The fraction of sp³-hybridized carbons (Fsp3) is 0.400. The molecule has 0 bridgehead atoms. The lowest BCUT2D eigenvalue weighted by atomic mass is 10.5. The summed E-state index contributed by atoms with van der Waals surface area (Å²) in [6, 6.07) is 0. The molecule has 6 heteroatoms. The van der Waals surface area contributed by atoms with E-state index in [1.54, 1.807) is 5.38 Å². The van der Waals surface area contributed by atoms with Crippen molar-refractivity contribution in [2.24, 2.45) is 0 Å². The van der Waals surface area contributed by atoms with Crippen LogP contribution in [0.1, 0.15) is 5.69 Å². The molecule has 0 amide bonds. The van der Waals surface area contributed by atoms with Gasteiger partial charge in [0.15, 0.2) is 15.5 Å². The van der Waals surface area contributed by atoms with Gasteiger partial charge in [-0.3, -0.25) is 4.18 Å². The highest BCUT2D eigenvalue weighted by atomic mass is 35.5. The van der Waals surface area contributed by atoms with E-state index >= 15 is 0 Å². The third kappa shape index (κ3) is 3.29. The highest BCUT2D eigenvalue weighted by Gasteiger charge is 1.99. The van der Waals surface area contributed by atoms with Crippen molar-refractivity contribution in [3.05, 3.63) is 15.5 Å². The van der Waals surface area contributed by atoms with Crippen LogP contribution in [-0.4, -0.2) is 15.4 Å². The van der Waals surface area contributed by atoms with Gasteiger partial charge in [0.25, 0.3) is 0 Å². The van der Waals surface area contributed by atoms with Crippen LogP contribution in [-0.2, 0) is 21.9 Å². The molecule has 1 unspecified atom stereocenters. The lowest BCUT2D eigenvalue weighted by molar-refractivity contribution is 0.335. The molecule has 0 radical (unpaired) electrons. The lowest BCUT2D eigenvalue weighted by Gasteiger charge is -1.93. The summed E-state index contributed by atoms with van der Waals surface area (Å²) in [7, 11) is 0. The molecular formula is C5H6ClNO2S2. The predicted molar refractivity (Wildman–Crippen MR) is 46.0 cm³/mol. The molecular weight excluding hydrogens is 206 g/mol. The van der Waals surface area contributed by atoms with Gasteiger partial charge in [0.2, 0.25) is 0 Å². The van der Waals surface area contributed by atoms with E-state index in [4.69, 9.17) is 15.8 Å². The van der Waals surface area contributed by atoms with Crippen molar-refractivity contribution in [2.45, 2.75) is 6.61 Å². The largest absolute Gasteiger partial charge is 0.284 e. The lowest BCUT2D eigenvalue weighted by Crippen LogP contribution is -1.94. The van der Waals surface area contributed by atoms with E-state index in [2.05, 4.69) is 4.98 Å². The number of nitrogens with zero attached hydrogens (tertiary/aromatic N) is 1. The molecule has 0 spiro atoms. The van der Waals surface area contributed by atoms with Crippen molar-refractivity contribution >= 4 is 34.0 Å². The minimum Gasteiger partial charge on any atom is -0.284 e. The molecule has 0 saturated heterocycles.